The molecule has 2 N–H and O–H groups in total. The summed E-state index contributed by atoms with van der Waals surface area (Å²) in [6.07, 6.45) is 4.59. The van der Waals surface area contributed by atoms with E-state index in [1.165, 1.54) is 42.7 Å². The van der Waals surface area contributed by atoms with Gasteiger partial charge in [0.2, 0.25) is 5.91 Å². The summed E-state index contributed by atoms with van der Waals surface area (Å²) in [5, 5.41) is 4.45. The van der Waals surface area contributed by atoms with E-state index in [-0.39, 0.29) is 33.7 Å². The molecule has 0 unspecified atom stereocenters. The fourth-order valence-electron chi connectivity index (χ4n) is 3.24. The van der Waals surface area contributed by atoms with Gasteiger partial charge in [-0.25, -0.2) is 13.8 Å². The maximum absolute atomic E-state index is 15.0. The molecule has 3 rings (SSSR count). The fourth-order valence-corrected chi connectivity index (χ4v) is 3.44. The molecule has 0 aliphatic rings. The summed E-state index contributed by atoms with van der Waals surface area (Å²) in [5.74, 6) is -1.26. The first-order valence-corrected chi connectivity index (χ1v) is 10.3. The summed E-state index contributed by atoms with van der Waals surface area (Å²) in [6, 6.07) is 3.94. The second-order valence-electron chi connectivity index (χ2n) is 7.25. The lowest BCUT2D eigenvalue weighted by Gasteiger charge is -2.26. The van der Waals surface area contributed by atoms with E-state index in [1.54, 1.807) is 17.8 Å². The second kappa shape index (κ2) is 9.83. The van der Waals surface area contributed by atoms with Gasteiger partial charge in [-0.2, -0.15) is 0 Å². The molecule has 1 aromatic carbocycles. The van der Waals surface area contributed by atoms with Gasteiger partial charge in [0.15, 0.2) is 5.82 Å². The summed E-state index contributed by atoms with van der Waals surface area (Å²) in [5.41, 5.74) is 3.90. The summed E-state index contributed by atoms with van der Waals surface area (Å²) in [7, 11) is 1.76. The topological polar surface area (TPSA) is 75.1 Å². The maximum Gasteiger partial charge on any atom is 0.235 e. The van der Waals surface area contributed by atoms with Crippen molar-refractivity contribution in [3.05, 3.63) is 78.2 Å². The average Bonchev–Trinajstić information content (AvgIpc) is 3.16. The number of carbonyl (C=O) groups is 1. The van der Waals surface area contributed by atoms with Crippen molar-refractivity contribution in [3.63, 3.8) is 0 Å². The van der Waals surface area contributed by atoms with Crippen molar-refractivity contribution in [1.82, 2.24) is 30.3 Å². The molecule has 1 amide bonds. The number of imidazole rings is 1. The molecule has 10 heteroatoms. The molecule has 0 fully saturated rings. The Kier molecular flexibility index (Phi) is 7.13. The predicted octanol–water partition coefficient (Wildman–Crippen LogP) is 4.49. The Morgan fingerprint density at radius 3 is 2.52 bits per heavy atom. The van der Waals surface area contributed by atoms with Crippen molar-refractivity contribution in [2.75, 3.05) is 6.54 Å². The Morgan fingerprint density at radius 1 is 1.21 bits per heavy atom. The van der Waals surface area contributed by atoms with Crippen LogP contribution in [0.5, 0.6) is 0 Å². The number of hydrogen-bond donors (Lipinski definition) is 2. The number of nitrogens with zero attached hydrogens (tertiary/aromatic N) is 4. The first kappa shape index (κ1) is 23.9. The molecule has 172 valence electrons. The standard InChI is InChI=1S/C23H23ClF2N6O/c1-6-32(30-15(4)33)14(3)29-13(2)23-20(26)7-16(10-27-23)18-8-17(24)9-19(25)22(18)21-11-31(5)12-28-21/h7-12,29H,2-3,6H2,1,4-5H3,(H,30,33). The van der Waals surface area contributed by atoms with E-state index >= 15 is 4.39 Å². The first-order valence-electron chi connectivity index (χ1n) is 9.94. The number of hydrazine groups is 1. The van der Waals surface area contributed by atoms with Gasteiger partial charge < -0.3 is 9.88 Å². The van der Waals surface area contributed by atoms with E-state index in [9.17, 15) is 9.18 Å². The Labute approximate surface area is 195 Å². The Bertz CT molecular complexity index is 1240. The molecular formula is C23H23ClF2N6O. The molecule has 33 heavy (non-hydrogen) atoms. The van der Waals surface area contributed by atoms with Crippen molar-refractivity contribution in [2.24, 2.45) is 7.05 Å². The summed E-state index contributed by atoms with van der Waals surface area (Å²) in [4.78, 5) is 19.7. The number of nitrogens with one attached hydrogen (secondary N) is 2. The molecule has 0 radical (unpaired) electrons. The van der Waals surface area contributed by atoms with Gasteiger partial charge in [-0.1, -0.05) is 24.8 Å². The quantitative estimate of drug-likeness (QED) is 0.473. The lowest BCUT2D eigenvalue weighted by atomic mass is 9.98. The highest BCUT2D eigenvalue weighted by molar-refractivity contribution is 6.31. The van der Waals surface area contributed by atoms with E-state index in [4.69, 9.17) is 11.6 Å². The highest BCUT2D eigenvalue weighted by atomic mass is 35.5. The van der Waals surface area contributed by atoms with Gasteiger partial charge in [-0.3, -0.25) is 20.2 Å². The molecule has 0 spiro atoms. The van der Waals surface area contributed by atoms with Gasteiger partial charge in [0, 0.05) is 49.1 Å². The first-order chi connectivity index (χ1) is 15.6. The Morgan fingerprint density at radius 2 is 1.94 bits per heavy atom. The molecular weight excluding hydrogens is 450 g/mol. The number of carbonyl (C=O) groups excluding carboxylic acids is 1. The number of hydrogen-bond acceptors (Lipinski definition) is 5. The van der Waals surface area contributed by atoms with Crippen LogP contribution in [-0.2, 0) is 11.8 Å². The number of benzene rings is 1. The van der Waals surface area contributed by atoms with Crippen LogP contribution in [0.3, 0.4) is 0 Å². The number of amides is 1. The van der Waals surface area contributed by atoms with E-state index in [0.717, 1.165) is 0 Å². The van der Waals surface area contributed by atoms with Crippen LogP contribution < -0.4 is 10.7 Å². The second-order valence-corrected chi connectivity index (χ2v) is 7.69. The monoisotopic (exact) mass is 472 g/mol. The fraction of sp³-hybridized carbons (Fsp3) is 0.174. The van der Waals surface area contributed by atoms with Crippen LogP contribution in [0.2, 0.25) is 5.02 Å². The Balaban J connectivity index is 1.94. The van der Waals surface area contributed by atoms with Crippen LogP contribution in [0.25, 0.3) is 28.1 Å². The van der Waals surface area contributed by atoms with Gasteiger partial charge in [0.1, 0.15) is 17.3 Å². The van der Waals surface area contributed by atoms with Crippen molar-refractivity contribution >= 4 is 23.2 Å². The van der Waals surface area contributed by atoms with E-state index in [0.29, 0.717) is 23.4 Å². The predicted molar refractivity (Wildman–Crippen MR) is 124 cm³/mol. The molecule has 2 heterocycles. The minimum atomic E-state index is -0.687. The van der Waals surface area contributed by atoms with Gasteiger partial charge in [-0.05, 0) is 30.7 Å². The van der Waals surface area contributed by atoms with Crippen molar-refractivity contribution in [2.45, 2.75) is 13.8 Å². The largest absolute Gasteiger partial charge is 0.340 e. The van der Waals surface area contributed by atoms with Crippen LogP contribution in [0.1, 0.15) is 19.5 Å². The molecule has 0 bridgehead atoms. The van der Waals surface area contributed by atoms with Crippen LogP contribution >= 0.6 is 11.6 Å². The average molecular weight is 473 g/mol. The minimum absolute atomic E-state index is 0.0549. The molecule has 0 saturated heterocycles. The van der Waals surface area contributed by atoms with Crippen molar-refractivity contribution in [1.29, 1.82) is 0 Å². The molecule has 0 aliphatic carbocycles. The van der Waals surface area contributed by atoms with Crippen LogP contribution in [0.15, 0.2) is 55.9 Å². The van der Waals surface area contributed by atoms with E-state index < -0.39 is 11.6 Å². The number of aryl methyl sites for hydroxylation is 1. The zero-order valence-corrected chi connectivity index (χ0v) is 19.2. The lowest BCUT2D eigenvalue weighted by Crippen LogP contribution is -2.43. The third kappa shape index (κ3) is 5.38. The summed E-state index contributed by atoms with van der Waals surface area (Å²) < 4.78 is 31.6. The van der Waals surface area contributed by atoms with Crippen LogP contribution in [0.4, 0.5) is 8.78 Å². The lowest BCUT2D eigenvalue weighted by molar-refractivity contribution is -0.122. The smallest absolute Gasteiger partial charge is 0.235 e. The normalized spacial score (nSPS) is 10.6. The third-order valence-corrected chi connectivity index (χ3v) is 4.90. The van der Waals surface area contributed by atoms with Crippen molar-refractivity contribution in [3.8, 4) is 22.4 Å². The van der Waals surface area contributed by atoms with Gasteiger partial charge in [-0.15, -0.1) is 0 Å². The van der Waals surface area contributed by atoms with Gasteiger partial charge in [0.25, 0.3) is 0 Å². The molecule has 2 aromatic heterocycles. The van der Waals surface area contributed by atoms with Gasteiger partial charge in [0.05, 0.1) is 17.7 Å². The SMILES string of the molecule is C=C(NC(=C)N(CC)NC(C)=O)c1ncc(-c2cc(Cl)cc(F)c2-c2cn(C)cn2)cc1F. The molecule has 0 aliphatic heterocycles. The molecule has 0 atom stereocenters. The van der Waals surface area contributed by atoms with Crippen LogP contribution in [-0.4, -0.2) is 32.0 Å². The Hall–Kier alpha value is -3.72. The van der Waals surface area contributed by atoms with E-state index in [2.05, 4.69) is 33.9 Å². The van der Waals surface area contributed by atoms with E-state index in [1.807, 2.05) is 6.92 Å². The minimum Gasteiger partial charge on any atom is -0.340 e. The molecule has 3 aromatic rings. The maximum atomic E-state index is 15.0. The highest BCUT2D eigenvalue weighted by Crippen LogP contribution is 2.36. The molecule has 7 nitrogen and oxygen atoms in total. The third-order valence-electron chi connectivity index (χ3n) is 4.68. The zero-order chi connectivity index (χ0) is 24.3. The number of halogens is 3. The zero-order valence-electron chi connectivity index (χ0n) is 18.4. The summed E-state index contributed by atoms with van der Waals surface area (Å²) >= 11 is 6.07. The van der Waals surface area contributed by atoms with Crippen molar-refractivity contribution < 1.29 is 13.6 Å². The number of rotatable bonds is 8. The van der Waals surface area contributed by atoms with Gasteiger partial charge >= 0.3 is 0 Å². The number of pyridine rings is 1. The molecule has 0 saturated carbocycles. The summed E-state index contributed by atoms with van der Waals surface area (Å²) in [6.45, 7) is 11.2. The van der Waals surface area contributed by atoms with Crippen LogP contribution in [0, 0.1) is 11.6 Å². The highest BCUT2D eigenvalue weighted by Gasteiger charge is 2.19. The number of aromatic nitrogens is 3.